The number of carboxylic acid groups (broad SMARTS) is 1. The number of carboxylic acids is 1. The first-order chi connectivity index (χ1) is 20.7. The van der Waals surface area contributed by atoms with E-state index in [1.54, 1.807) is 44.2 Å². The third-order valence-electron chi connectivity index (χ3n) is 6.76. The number of amides is 3. The van der Waals surface area contributed by atoms with Crippen LogP contribution in [0, 0.1) is 11.8 Å². The topological polar surface area (TPSA) is 191 Å². The Hall–Kier alpha value is -3.97. The highest BCUT2D eigenvalue weighted by Gasteiger charge is 2.27. The van der Waals surface area contributed by atoms with Gasteiger partial charge in [0.25, 0.3) is 5.91 Å². The molecule has 0 aromatic heterocycles. The Balaban J connectivity index is 1.87. The van der Waals surface area contributed by atoms with E-state index in [1.165, 1.54) is 18.2 Å². The highest BCUT2D eigenvalue weighted by molar-refractivity contribution is 7.92. The van der Waals surface area contributed by atoms with Crippen LogP contribution in [0.1, 0.15) is 79.7 Å². The zero-order valence-electron chi connectivity index (χ0n) is 25.6. The predicted octanol–water partition coefficient (Wildman–Crippen LogP) is 2.89. The largest absolute Gasteiger partial charge is 0.478 e. The summed E-state index contributed by atoms with van der Waals surface area (Å²) >= 11 is 0. The number of aliphatic hydroxyl groups excluding tert-OH is 1. The smallest absolute Gasteiger partial charge is 0.335 e. The van der Waals surface area contributed by atoms with E-state index in [2.05, 4.69) is 20.7 Å². The number of aliphatic hydroxyl groups is 1. The quantitative estimate of drug-likeness (QED) is 0.145. The summed E-state index contributed by atoms with van der Waals surface area (Å²) < 4.78 is 26.7. The summed E-state index contributed by atoms with van der Waals surface area (Å²) in [4.78, 5) is 48.8. The molecule has 44 heavy (non-hydrogen) atoms. The van der Waals surface area contributed by atoms with E-state index in [0.717, 1.165) is 5.56 Å². The Kier molecular flexibility index (Phi) is 14.3. The van der Waals surface area contributed by atoms with Crippen LogP contribution in [0.4, 0.5) is 5.69 Å². The normalized spacial score (nSPS) is 13.4. The molecule has 0 radical (unpaired) electrons. The first-order valence-electron chi connectivity index (χ1n) is 14.7. The molecule has 0 aliphatic carbocycles. The first-order valence-corrected chi connectivity index (χ1v) is 16.3. The average molecular weight is 633 g/mol. The van der Waals surface area contributed by atoms with E-state index >= 15 is 0 Å². The minimum absolute atomic E-state index is 0.0356. The van der Waals surface area contributed by atoms with Crippen molar-refractivity contribution < 1.29 is 37.8 Å². The SMILES string of the molecule is CCCS(=O)(=O)Nc1cccc(C(=O)N[C@@H](CC(C)C)[C@@H](O)C[C@@H](C)C(=O)NCCC(=O)NCc2ccc(C(=O)O)cc2)c1. The van der Waals surface area contributed by atoms with Crippen LogP contribution in [0.25, 0.3) is 0 Å². The van der Waals surface area contributed by atoms with E-state index in [1.807, 2.05) is 13.8 Å². The highest BCUT2D eigenvalue weighted by atomic mass is 32.2. The van der Waals surface area contributed by atoms with E-state index < -0.39 is 40.0 Å². The van der Waals surface area contributed by atoms with Gasteiger partial charge in [-0.05, 0) is 61.1 Å². The molecule has 3 amide bonds. The molecule has 0 unspecified atom stereocenters. The van der Waals surface area contributed by atoms with E-state index in [4.69, 9.17) is 5.11 Å². The number of benzene rings is 2. The van der Waals surface area contributed by atoms with Crippen molar-refractivity contribution in [3.05, 3.63) is 65.2 Å². The molecular formula is C31H44N4O8S. The molecule has 6 N–H and O–H groups in total. The van der Waals surface area contributed by atoms with Crippen LogP contribution in [0.5, 0.6) is 0 Å². The Morgan fingerprint density at radius 3 is 2.20 bits per heavy atom. The van der Waals surface area contributed by atoms with Crippen LogP contribution in [0.3, 0.4) is 0 Å². The van der Waals surface area contributed by atoms with Gasteiger partial charge in [-0.2, -0.15) is 0 Å². The Bertz CT molecular complexity index is 1380. The molecule has 3 atom stereocenters. The van der Waals surface area contributed by atoms with Crippen LogP contribution < -0.4 is 20.7 Å². The lowest BCUT2D eigenvalue weighted by molar-refractivity contribution is -0.126. The van der Waals surface area contributed by atoms with Gasteiger partial charge in [-0.15, -0.1) is 0 Å². The fourth-order valence-electron chi connectivity index (χ4n) is 4.46. The maximum atomic E-state index is 13.1. The minimum Gasteiger partial charge on any atom is -0.478 e. The van der Waals surface area contributed by atoms with Gasteiger partial charge < -0.3 is 26.2 Å². The van der Waals surface area contributed by atoms with Crippen molar-refractivity contribution in [3.8, 4) is 0 Å². The molecular weight excluding hydrogens is 588 g/mol. The van der Waals surface area contributed by atoms with Gasteiger partial charge in [0.15, 0.2) is 0 Å². The lowest BCUT2D eigenvalue weighted by Crippen LogP contribution is -2.46. The zero-order valence-corrected chi connectivity index (χ0v) is 26.4. The van der Waals surface area contributed by atoms with Crippen molar-refractivity contribution in [1.29, 1.82) is 0 Å². The van der Waals surface area contributed by atoms with Crippen LogP contribution in [-0.4, -0.2) is 66.8 Å². The number of hydrogen-bond donors (Lipinski definition) is 6. The monoisotopic (exact) mass is 632 g/mol. The van der Waals surface area contributed by atoms with E-state index in [9.17, 15) is 32.7 Å². The fraction of sp³-hybridized carbons (Fsp3) is 0.484. The number of sulfonamides is 1. The van der Waals surface area contributed by atoms with Crippen molar-refractivity contribution in [3.63, 3.8) is 0 Å². The molecule has 0 spiro atoms. The van der Waals surface area contributed by atoms with Gasteiger partial charge in [0.05, 0.1) is 23.5 Å². The molecule has 13 heteroatoms. The third-order valence-corrected chi connectivity index (χ3v) is 8.25. The van der Waals surface area contributed by atoms with Gasteiger partial charge in [0.1, 0.15) is 0 Å². The Morgan fingerprint density at radius 2 is 1.59 bits per heavy atom. The molecule has 0 aliphatic heterocycles. The molecule has 2 aromatic carbocycles. The maximum Gasteiger partial charge on any atom is 0.335 e. The summed E-state index contributed by atoms with van der Waals surface area (Å²) in [5.41, 5.74) is 1.38. The molecule has 2 rings (SSSR count). The minimum atomic E-state index is -3.53. The lowest BCUT2D eigenvalue weighted by Gasteiger charge is -2.27. The molecule has 2 aromatic rings. The standard InChI is InChI=1S/C31H44N4O8S/c1-5-15-44(42,43)35-25-8-6-7-24(18-25)30(39)34-26(16-20(2)3)27(36)17-21(4)29(38)32-14-13-28(37)33-19-22-9-11-23(12-10-22)31(40)41/h6-12,18,20-21,26-27,35-36H,5,13-17,19H2,1-4H3,(H,32,38)(H,33,37)(H,34,39)(H,40,41)/t21-,26+,27+/m1/s1. The average Bonchev–Trinajstić information content (AvgIpc) is 2.95. The molecule has 0 saturated carbocycles. The second kappa shape index (κ2) is 17.4. The van der Waals surface area contributed by atoms with Gasteiger partial charge in [-0.25, -0.2) is 13.2 Å². The van der Waals surface area contributed by atoms with Crippen molar-refractivity contribution in [2.24, 2.45) is 11.8 Å². The van der Waals surface area contributed by atoms with Crippen molar-refractivity contribution in [2.75, 3.05) is 17.0 Å². The van der Waals surface area contributed by atoms with Crippen LogP contribution >= 0.6 is 0 Å². The summed E-state index contributed by atoms with van der Waals surface area (Å²) in [5.74, 6) is -2.67. The first kappa shape index (κ1) is 36.2. The number of rotatable bonds is 18. The number of hydrogen-bond acceptors (Lipinski definition) is 7. The number of nitrogens with one attached hydrogen (secondary N) is 4. The molecule has 242 valence electrons. The molecule has 0 aliphatic rings. The third kappa shape index (κ3) is 12.7. The lowest BCUT2D eigenvalue weighted by atomic mass is 9.92. The van der Waals surface area contributed by atoms with E-state index in [0.29, 0.717) is 12.8 Å². The zero-order chi connectivity index (χ0) is 32.9. The summed E-state index contributed by atoms with van der Waals surface area (Å²) in [7, 11) is -3.53. The van der Waals surface area contributed by atoms with Gasteiger partial charge >= 0.3 is 5.97 Å². The fourth-order valence-corrected chi connectivity index (χ4v) is 5.58. The van der Waals surface area contributed by atoms with Crippen molar-refractivity contribution >= 4 is 39.4 Å². The number of aromatic carboxylic acids is 1. The molecule has 0 fully saturated rings. The molecule has 0 heterocycles. The number of anilines is 1. The Labute approximate surface area is 259 Å². The van der Waals surface area contributed by atoms with Crippen molar-refractivity contribution in [1.82, 2.24) is 16.0 Å². The predicted molar refractivity (Wildman–Crippen MR) is 168 cm³/mol. The number of carbonyl (C=O) groups excluding carboxylic acids is 3. The maximum absolute atomic E-state index is 13.1. The summed E-state index contributed by atoms with van der Waals surface area (Å²) in [6.45, 7) is 7.61. The van der Waals surface area contributed by atoms with Gasteiger partial charge in [-0.1, -0.05) is 45.9 Å². The summed E-state index contributed by atoms with van der Waals surface area (Å²) in [5, 5.41) is 28.2. The second-order valence-corrected chi connectivity index (χ2v) is 13.1. The summed E-state index contributed by atoms with van der Waals surface area (Å²) in [6, 6.07) is 11.6. The van der Waals surface area contributed by atoms with Crippen LogP contribution in [0.15, 0.2) is 48.5 Å². The molecule has 0 saturated heterocycles. The van der Waals surface area contributed by atoms with Gasteiger partial charge in [0, 0.05) is 36.7 Å². The summed E-state index contributed by atoms with van der Waals surface area (Å²) in [6.07, 6.45) is -0.0375. The molecule has 12 nitrogen and oxygen atoms in total. The van der Waals surface area contributed by atoms with E-state index in [-0.39, 0.29) is 66.2 Å². The van der Waals surface area contributed by atoms with Crippen LogP contribution in [0.2, 0.25) is 0 Å². The highest BCUT2D eigenvalue weighted by Crippen LogP contribution is 2.18. The second-order valence-electron chi connectivity index (χ2n) is 11.2. The van der Waals surface area contributed by atoms with Gasteiger partial charge in [0.2, 0.25) is 21.8 Å². The van der Waals surface area contributed by atoms with Crippen LogP contribution in [-0.2, 0) is 26.2 Å². The molecule has 0 bridgehead atoms. The Morgan fingerprint density at radius 1 is 0.909 bits per heavy atom. The number of carbonyl (C=O) groups is 4. The van der Waals surface area contributed by atoms with Crippen molar-refractivity contribution in [2.45, 2.75) is 72.1 Å². The van der Waals surface area contributed by atoms with Gasteiger partial charge in [-0.3, -0.25) is 19.1 Å².